The molecule has 1 aromatic heterocycles. The number of hydrogen-bond donors (Lipinski definition) is 1. The zero-order chi connectivity index (χ0) is 20.6. The molecule has 2 aromatic carbocycles. The number of carbonyl (C=O) groups is 1. The van der Waals surface area contributed by atoms with E-state index in [9.17, 15) is 28.4 Å². The summed E-state index contributed by atoms with van der Waals surface area (Å²) in [4.78, 5) is 22.2. The molecule has 0 saturated heterocycles. The molecule has 3 rings (SSSR count). The highest BCUT2D eigenvalue weighted by Crippen LogP contribution is 2.28. The number of benzene rings is 2. The summed E-state index contributed by atoms with van der Waals surface area (Å²) in [5.74, 6) is -1.04. The van der Waals surface area contributed by atoms with Gasteiger partial charge in [0.15, 0.2) is 5.78 Å². The maximum absolute atomic E-state index is 12.7. The number of hydrogen-bond acceptors (Lipinski definition) is 7. The quantitative estimate of drug-likeness (QED) is 0.364. The minimum Gasteiger partial charge on any atom is -0.507 e. The molecular formula is C16H9Cl2N3O6S. The van der Waals surface area contributed by atoms with E-state index in [0.717, 1.165) is 30.6 Å². The van der Waals surface area contributed by atoms with Gasteiger partial charge in [0.05, 0.1) is 33.3 Å². The standard InChI is InChI=1S/C16H9Cl2N3O6S/c17-10-1-4-15(22)12(5-10)16(23)9-7-19-20(8-9)28(26,27)11-2-3-13(18)14(6-11)21(24)25/h1-8,22H. The molecule has 28 heavy (non-hydrogen) atoms. The maximum Gasteiger partial charge on any atom is 0.289 e. The number of halogens is 2. The Kier molecular flexibility index (Phi) is 5.11. The molecule has 12 heteroatoms. The maximum atomic E-state index is 12.7. The number of rotatable bonds is 5. The monoisotopic (exact) mass is 441 g/mol. The molecule has 0 spiro atoms. The number of phenols is 1. The lowest BCUT2D eigenvalue weighted by molar-refractivity contribution is -0.384. The number of nitro benzene ring substituents is 1. The molecule has 0 aliphatic rings. The van der Waals surface area contributed by atoms with E-state index in [1.165, 1.54) is 18.2 Å². The van der Waals surface area contributed by atoms with Gasteiger partial charge in [-0.25, -0.2) is 0 Å². The van der Waals surface area contributed by atoms with E-state index in [-0.39, 0.29) is 26.9 Å². The molecule has 0 atom stereocenters. The molecule has 0 aliphatic heterocycles. The minimum atomic E-state index is -4.32. The Labute approximate surface area is 167 Å². The topological polar surface area (TPSA) is 132 Å². The van der Waals surface area contributed by atoms with Gasteiger partial charge in [0.25, 0.3) is 15.7 Å². The molecule has 144 valence electrons. The largest absolute Gasteiger partial charge is 0.507 e. The van der Waals surface area contributed by atoms with E-state index in [1.807, 2.05) is 0 Å². The van der Waals surface area contributed by atoms with E-state index in [2.05, 4.69) is 5.10 Å². The summed E-state index contributed by atoms with van der Waals surface area (Å²) < 4.78 is 25.8. The van der Waals surface area contributed by atoms with Crippen LogP contribution in [0.15, 0.2) is 53.7 Å². The van der Waals surface area contributed by atoms with Crippen LogP contribution in [0.25, 0.3) is 0 Å². The Morgan fingerprint density at radius 3 is 2.57 bits per heavy atom. The first-order valence-electron chi connectivity index (χ1n) is 7.38. The van der Waals surface area contributed by atoms with Gasteiger partial charge in [0, 0.05) is 11.1 Å². The van der Waals surface area contributed by atoms with Crippen molar-refractivity contribution in [3.8, 4) is 5.75 Å². The Morgan fingerprint density at radius 2 is 1.89 bits per heavy atom. The van der Waals surface area contributed by atoms with Gasteiger partial charge in [-0.05, 0) is 30.3 Å². The number of aromatic hydroxyl groups is 1. The van der Waals surface area contributed by atoms with Crippen molar-refractivity contribution in [3.63, 3.8) is 0 Å². The highest BCUT2D eigenvalue weighted by Gasteiger charge is 2.25. The van der Waals surface area contributed by atoms with Crippen LogP contribution < -0.4 is 0 Å². The first-order valence-corrected chi connectivity index (χ1v) is 9.58. The van der Waals surface area contributed by atoms with E-state index in [4.69, 9.17) is 23.2 Å². The number of aromatic nitrogens is 2. The van der Waals surface area contributed by atoms with Crippen LogP contribution in [0.1, 0.15) is 15.9 Å². The summed E-state index contributed by atoms with van der Waals surface area (Å²) in [6.45, 7) is 0. The number of phenolic OH excluding ortho intramolecular Hbond substituents is 1. The van der Waals surface area contributed by atoms with Crippen LogP contribution in [-0.2, 0) is 10.0 Å². The molecule has 0 fully saturated rings. The molecule has 0 saturated carbocycles. The fraction of sp³-hybridized carbons (Fsp3) is 0. The Bertz CT molecular complexity index is 1220. The highest BCUT2D eigenvalue weighted by molar-refractivity contribution is 7.89. The van der Waals surface area contributed by atoms with Crippen LogP contribution >= 0.6 is 23.2 Å². The molecule has 1 heterocycles. The average Bonchev–Trinajstić information content (AvgIpc) is 3.14. The fourth-order valence-corrected chi connectivity index (χ4v) is 3.80. The summed E-state index contributed by atoms with van der Waals surface area (Å²) in [7, 11) is -4.32. The first-order chi connectivity index (χ1) is 13.1. The normalized spacial score (nSPS) is 11.4. The van der Waals surface area contributed by atoms with Crippen molar-refractivity contribution >= 4 is 44.7 Å². The van der Waals surface area contributed by atoms with Crippen molar-refractivity contribution in [1.29, 1.82) is 0 Å². The van der Waals surface area contributed by atoms with Crippen molar-refractivity contribution in [1.82, 2.24) is 9.19 Å². The second-order valence-corrected chi connectivity index (χ2v) is 8.11. The van der Waals surface area contributed by atoms with Crippen LogP contribution in [0.2, 0.25) is 10.0 Å². The van der Waals surface area contributed by atoms with Crippen LogP contribution in [0.3, 0.4) is 0 Å². The fourth-order valence-electron chi connectivity index (χ4n) is 2.30. The second kappa shape index (κ2) is 7.23. The van der Waals surface area contributed by atoms with Crippen LogP contribution in [0, 0.1) is 10.1 Å². The van der Waals surface area contributed by atoms with E-state index in [1.54, 1.807) is 0 Å². The van der Waals surface area contributed by atoms with Gasteiger partial charge in [0.1, 0.15) is 10.8 Å². The first kappa shape index (κ1) is 19.8. The molecule has 9 nitrogen and oxygen atoms in total. The molecule has 0 amide bonds. The van der Waals surface area contributed by atoms with Crippen molar-refractivity contribution in [2.45, 2.75) is 4.90 Å². The molecule has 0 aliphatic carbocycles. The average molecular weight is 442 g/mol. The van der Waals surface area contributed by atoms with Crippen molar-refractivity contribution < 1.29 is 23.2 Å². The lowest BCUT2D eigenvalue weighted by Gasteiger charge is -2.05. The lowest BCUT2D eigenvalue weighted by Crippen LogP contribution is -2.14. The Balaban J connectivity index is 2.01. The molecule has 0 bridgehead atoms. The SMILES string of the molecule is O=C(c1cnn(S(=O)(=O)c2ccc(Cl)c([N+](=O)[O-])c2)c1)c1cc(Cl)ccc1O. The number of carbonyl (C=O) groups excluding carboxylic acids is 1. The molecule has 3 aromatic rings. The predicted molar refractivity (Wildman–Crippen MR) is 99.5 cm³/mol. The van der Waals surface area contributed by atoms with E-state index >= 15 is 0 Å². The lowest BCUT2D eigenvalue weighted by atomic mass is 10.1. The molecule has 0 radical (unpaired) electrons. The summed E-state index contributed by atoms with van der Waals surface area (Å²) in [5.41, 5.74) is -0.855. The zero-order valence-electron chi connectivity index (χ0n) is 13.6. The summed E-state index contributed by atoms with van der Waals surface area (Å²) >= 11 is 11.5. The molecule has 1 N–H and O–H groups in total. The van der Waals surface area contributed by atoms with Crippen LogP contribution in [0.4, 0.5) is 5.69 Å². The highest BCUT2D eigenvalue weighted by atomic mass is 35.5. The third-order valence-corrected chi connectivity index (χ3v) is 5.78. The number of nitro groups is 1. The zero-order valence-corrected chi connectivity index (χ0v) is 15.9. The minimum absolute atomic E-state index is 0.133. The predicted octanol–water partition coefficient (Wildman–Crippen LogP) is 3.27. The van der Waals surface area contributed by atoms with Crippen molar-refractivity contribution in [2.75, 3.05) is 0 Å². The van der Waals surface area contributed by atoms with Gasteiger partial charge in [-0.15, -0.1) is 0 Å². The van der Waals surface area contributed by atoms with Crippen LogP contribution in [0.5, 0.6) is 5.75 Å². The van der Waals surface area contributed by atoms with Crippen molar-refractivity contribution in [2.24, 2.45) is 0 Å². The number of nitrogens with zero attached hydrogens (tertiary/aromatic N) is 3. The molecule has 0 unspecified atom stereocenters. The number of ketones is 1. The van der Waals surface area contributed by atoms with Gasteiger partial charge >= 0.3 is 0 Å². The van der Waals surface area contributed by atoms with Gasteiger partial charge in [-0.2, -0.15) is 17.6 Å². The Morgan fingerprint density at radius 1 is 1.18 bits per heavy atom. The summed E-state index contributed by atoms with van der Waals surface area (Å²) in [5, 5.41) is 24.4. The smallest absolute Gasteiger partial charge is 0.289 e. The van der Waals surface area contributed by atoms with E-state index in [0.29, 0.717) is 4.09 Å². The van der Waals surface area contributed by atoms with E-state index < -0.39 is 31.3 Å². The van der Waals surface area contributed by atoms with Gasteiger partial charge in [-0.1, -0.05) is 23.2 Å². The van der Waals surface area contributed by atoms with Gasteiger partial charge < -0.3 is 5.11 Å². The second-order valence-electron chi connectivity index (χ2n) is 5.47. The third kappa shape index (κ3) is 3.57. The van der Waals surface area contributed by atoms with Gasteiger partial charge in [0.2, 0.25) is 0 Å². The van der Waals surface area contributed by atoms with Crippen LogP contribution in [-0.4, -0.2) is 33.4 Å². The third-order valence-electron chi connectivity index (χ3n) is 3.68. The van der Waals surface area contributed by atoms with Crippen molar-refractivity contribution in [3.05, 3.63) is 80.1 Å². The summed E-state index contributed by atoms with van der Waals surface area (Å²) in [6.07, 6.45) is 1.92. The summed E-state index contributed by atoms with van der Waals surface area (Å²) in [6, 6.07) is 6.79. The van der Waals surface area contributed by atoms with Gasteiger partial charge in [-0.3, -0.25) is 14.9 Å². The molecular weight excluding hydrogens is 433 g/mol. The Hall–Kier alpha value is -2.95.